The number of methoxy groups -OCH3 is 1. The van der Waals surface area contributed by atoms with Gasteiger partial charge in [-0.2, -0.15) is 5.10 Å². The first kappa shape index (κ1) is 10.6. The zero-order chi connectivity index (χ0) is 12.5. The summed E-state index contributed by atoms with van der Waals surface area (Å²) < 4.78 is 7.01. The molecule has 2 aromatic heterocycles. The molecule has 0 fully saturated rings. The largest absolute Gasteiger partial charge is 0.496 e. The van der Waals surface area contributed by atoms with Crippen LogP contribution in [0.2, 0.25) is 0 Å². The minimum absolute atomic E-state index is 0.608. The Morgan fingerprint density at radius 1 is 1.22 bits per heavy atom. The van der Waals surface area contributed by atoms with Crippen molar-refractivity contribution in [3.05, 3.63) is 42.9 Å². The number of nitrogens with zero attached hydrogens (tertiary/aromatic N) is 3. The normalized spacial score (nSPS) is 10.7. The maximum Gasteiger partial charge on any atom is 0.161 e. The number of hydrogen-bond donors (Lipinski definition) is 1. The van der Waals surface area contributed by atoms with E-state index >= 15 is 0 Å². The van der Waals surface area contributed by atoms with Crippen LogP contribution in [0, 0.1) is 0 Å². The average Bonchev–Trinajstić information content (AvgIpc) is 2.84. The second kappa shape index (κ2) is 4.03. The van der Waals surface area contributed by atoms with Crippen molar-refractivity contribution in [3.63, 3.8) is 0 Å². The third-order valence-corrected chi connectivity index (χ3v) is 2.78. The van der Waals surface area contributed by atoms with Crippen molar-refractivity contribution in [2.24, 2.45) is 0 Å². The Kier molecular flexibility index (Phi) is 2.37. The third kappa shape index (κ3) is 1.57. The van der Waals surface area contributed by atoms with Crippen molar-refractivity contribution < 1.29 is 4.74 Å². The molecule has 1 aromatic carbocycles. The molecule has 0 saturated heterocycles. The van der Waals surface area contributed by atoms with E-state index in [1.807, 2.05) is 24.3 Å². The van der Waals surface area contributed by atoms with Crippen LogP contribution in [0.1, 0.15) is 0 Å². The average molecular weight is 240 g/mol. The highest BCUT2D eigenvalue weighted by Crippen LogP contribution is 2.28. The van der Waals surface area contributed by atoms with Gasteiger partial charge >= 0.3 is 0 Å². The smallest absolute Gasteiger partial charge is 0.161 e. The highest BCUT2D eigenvalue weighted by molar-refractivity contribution is 5.93. The van der Waals surface area contributed by atoms with E-state index in [1.165, 1.54) is 0 Å². The van der Waals surface area contributed by atoms with Gasteiger partial charge in [0.25, 0.3) is 0 Å². The molecule has 90 valence electrons. The molecule has 0 atom stereocenters. The number of pyridine rings is 1. The Labute approximate surface area is 104 Å². The summed E-state index contributed by atoms with van der Waals surface area (Å²) in [6.07, 6.45) is 5.07. The minimum Gasteiger partial charge on any atom is -0.496 e. The number of rotatable bonds is 2. The molecule has 0 unspecified atom stereocenters. The topological polar surface area (TPSA) is 66.0 Å². The van der Waals surface area contributed by atoms with Gasteiger partial charge in [0, 0.05) is 17.0 Å². The van der Waals surface area contributed by atoms with E-state index in [1.54, 1.807) is 30.4 Å². The summed E-state index contributed by atoms with van der Waals surface area (Å²) in [6.45, 7) is 0. The monoisotopic (exact) mass is 240 g/mol. The highest BCUT2D eigenvalue weighted by Gasteiger charge is 2.08. The predicted octanol–water partition coefficient (Wildman–Crippen LogP) is 2.01. The van der Waals surface area contributed by atoms with Crippen molar-refractivity contribution in [1.29, 1.82) is 0 Å². The van der Waals surface area contributed by atoms with Gasteiger partial charge in [0.05, 0.1) is 25.2 Å². The molecule has 5 heteroatoms. The summed E-state index contributed by atoms with van der Waals surface area (Å²) in [4.78, 5) is 4.36. The van der Waals surface area contributed by atoms with Crippen LogP contribution in [-0.4, -0.2) is 21.9 Å². The first-order chi connectivity index (χ1) is 8.79. The number of nitrogens with two attached hydrogens (primary N) is 1. The van der Waals surface area contributed by atoms with Crippen molar-refractivity contribution in [2.75, 3.05) is 12.8 Å². The van der Waals surface area contributed by atoms with Gasteiger partial charge in [-0.1, -0.05) is 12.1 Å². The van der Waals surface area contributed by atoms with Crippen LogP contribution in [-0.2, 0) is 0 Å². The summed E-state index contributed by atoms with van der Waals surface area (Å²) in [5.74, 6) is 1.55. The fraction of sp³-hybridized carbons (Fsp3) is 0.0769. The van der Waals surface area contributed by atoms with Gasteiger partial charge < -0.3 is 10.5 Å². The number of benzene rings is 1. The van der Waals surface area contributed by atoms with Gasteiger partial charge in [0.2, 0.25) is 0 Å². The van der Waals surface area contributed by atoms with Crippen LogP contribution in [0.4, 0.5) is 5.69 Å². The molecule has 5 nitrogen and oxygen atoms in total. The Morgan fingerprint density at radius 2 is 2.11 bits per heavy atom. The summed E-state index contributed by atoms with van der Waals surface area (Å²) in [5.41, 5.74) is 6.29. The van der Waals surface area contributed by atoms with Crippen LogP contribution in [0.3, 0.4) is 0 Å². The van der Waals surface area contributed by atoms with Crippen molar-refractivity contribution >= 4 is 16.5 Å². The molecule has 0 aliphatic rings. The molecular formula is C13H12N4O. The maximum absolute atomic E-state index is 5.68. The van der Waals surface area contributed by atoms with E-state index in [9.17, 15) is 0 Å². The van der Waals surface area contributed by atoms with E-state index in [0.29, 0.717) is 5.69 Å². The fourth-order valence-corrected chi connectivity index (χ4v) is 1.98. The van der Waals surface area contributed by atoms with Crippen molar-refractivity contribution in [1.82, 2.24) is 14.8 Å². The first-order valence-electron chi connectivity index (χ1n) is 5.52. The Hall–Kier alpha value is -2.56. The lowest BCUT2D eigenvalue weighted by Crippen LogP contribution is -1.99. The number of fused-ring (bicyclic) bond motifs is 1. The zero-order valence-corrected chi connectivity index (χ0v) is 9.87. The number of nitrogen functional groups attached to an aromatic ring is 1. The second-order valence-corrected chi connectivity index (χ2v) is 3.91. The molecule has 3 rings (SSSR count). The maximum atomic E-state index is 5.68. The summed E-state index contributed by atoms with van der Waals surface area (Å²) in [7, 11) is 1.65. The van der Waals surface area contributed by atoms with Crippen LogP contribution in [0.25, 0.3) is 16.6 Å². The van der Waals surface area contributed by atoms with Crippen molar-refractivity contribution in [3.8, 4) is 11.6 Å². The molecule has 0 bridgehead atoms. The molecule has 0 spiro atoms. The summed E-state index contributed by atoms with van der Waals surface area (Å²) in [5, 5.41) is 6.15. The molecule has 0 aliphatic carbocycles. The van der Waals surface area contributed by atoms with Crippen LogP contribution >= 0.6 is 0 Å². The Bertz CT molecular complexity index is 705. The quantitative estimate of drug-likeness (QED) is 0.744. The van der Waals surface area contributed by atoms with Gasteiger partial charge in [-0.3, -0.25) is 0 Å². The number of aromatic nitrogens is 3. The minimum atomic E-state index is 0.608. The highest BCUT2D eigenvalue weighted by atomic mass is 16.5. The number of ether oxygens (including phenoxy) is 1. The standard InChI is InChI=1S/C13H12N4O/c1-18-12-4-2-3-11-10(12)5-6-15-13(11)17-8-9(14)7-16-17/h2-8H,14H2,1H3. The van der Waals surface area contributed by atoms with Crippen LogP contribution in [0.15, 0.2) is 42.9 Å². The van der Waals surface area contributed by atoms with Crippen LogP contribution < -0.4 is 10.5 Å². The molecule has 3 aromatic rings. The number of anilines is 1. The summed E-state index contributed by atoms with van der Waals surface area (Å²) in [6, 6.07) is 7.76. The lowest BCUT2D eigenvalue weighted by atomic mass is 10.1. The molecule has 0 amide bonds. The predicted molar refractivity (Wildman–Crippen MR) is 69.8 cm³/mol. The Morgan fingerprint density at radius 3 is 2.83 bits per heavy atom. The van der Waals surface area contributed by atoms with E-state index < -0.39 is 0 Å². The van der Waals surface area contributed by atoms with Gasteiger partial charge in [-0.15, -0.1) is 0 Å². The van der Waals surface area contributed by atoms with Gasteiger partial charge in [0.15, 0.2) is 5.82 Å². The van der Waals surface area contributed by atoms with Gasteiger partial charge in [0.1, 0.15) is 5.75 Å². The van der Waals surface area contributed by atoms with Gasteiger partial charge in [-0.05, 0) is 12.1 Å². The Balaban J connectivity index is 2.30. The SMILES string of the molecule is COc1cccc2c(-n3cc(N)cn3)nccc12. The zero-order valence-electron chi connectivity index (χ0n) is 9.87. The van der Waals surface area contributed by atoms with E-state index in [-0.39, 0.29) is 0 Å². The van der Waals surface area contributed by atoms with Crippen LogP contribution in [0.5, 0.6) is 5.75 Å². The van der Waals surface area contributed by atoms with Crippen molar-refractivity contribution in [2.45, 2.75) is 0 Å². The molecule has 18 heavy (non-hydrogen) atoms. The molecule has 2 N–H and O–H groups in total. The third-order valence-electron chi connectivity index (χ3n) is 2.78. The fourth-order valence-electron chi connectivity index (χ4n) is 1.98. The van der Waals surface area contributed by atoms with E-state index in [0.717, 1.165) is 22.3 Å². The molecule has 0 radical (unpaired) electrons. The second-order valence-electron chi connectivity index (χ2n) is 3.91. The lowest BCUT2D eigenvalue weighted by Gasteiger charge is -2.08. The van der Waals surface area contributed by atoms with E-state index in [2.05, 4.69) is 10.1 Å². The summed E-state index contributed by atoms with van der Waals surface area (Å²) >= 11 is 0. The molecule has 2 heterocycles. The lowest BCUT2D eigenvalue weighted by molar-refractivity contribution is 0.420. The number of hydrogen-bond acceptors (Lipinski definition) is 4. The molecule has 0 aliphatic heterocycles. The molecular weight excluding hydrogens is 228 g/mol. The van der Waals surface area contributed by atoms with E-state index in [4.69, 9.17) is 10.5 Å². The first-order valence-corrected chi connectivity index (χ1v) is 5.52. The van der Waals surface area contributed by atoms with Gasteiger partial charge in [-0.25, -0.2) is 9.67 Å². The molecule has 0 saturated carbocycles.